The maximum Gasteiger partial charge on any atom is 0.266 e. The fraction of sp³-hybridized carbons (Fsp3) is 0.381. The van der Waals surface area contributed by atoms with Crippen LogP contribution < -0.4 is 9.47 Å². The molecule has 0 N–H and O–H groups in total. The van der Waals surface area contributed by atoms with Gasteiger partial charge in [-0.15, -0.1) is 6.58 Å². The van der Waals surface area contributed by atoms with Crippen molar-refractivity contribution in [3.8, 4) is 11.5 Å². The molecule has 0 atom stereocenters. The fourth-order valence-electron chi connectivity index (χ4n) is 3.05. The van der Waals surface area contributed by atoms with Gasteiger partial charge < -0.3 is 19.1 Å². The predicted molar refractivity (Wildman–Crippen MR) is 128 cm³/mol. The van der Waals surface area contributed by atoms with Gasteiger partial charge in [0.1, 0.15) is 4.32 Å². The molecule has 0 radical (unpaired) electrons. The zero-order valence-electron chi connectivity index (χ0n) is 17.1. The number of morpholine rings is 1. The first-order valence-electron chi connectivity index (χ1n) is 9.75. The summed E-state index contributed by atoms with van der Waals surface area (Å²) >= 11 is 10.0. The van der Waals surface area contributed by atoms with Crippen LogP contribution in [0.4, 0.5) is 0 Å². The third-order valence-corrected chi connectivity index (χ3v) is 6.49. The van der Waals surface area contributed by atoms with E-state index in [1.165, 1.54) is 16.7 Å². The Morgan fingerprint density at radius 1 is 1.35 bits per heavy atom. The van der Waals surface area contributed by atoms with Crippen LogP contribution in [0, 0.1) is 0 Å². The van der Waals surface area contributed by atoms with Gasteiger partial charge in [0.05, 0.1) is 29.2 Å². The van der Waals surface area contributed by atoms with Crippen molar-refractivity contribution in [3.63, 3.8) is 0 Å². The van der Waals surface area contributed by atoms with Gasteiger partial charge in [0.25, 0.3) is 11.8 Å². The van der Waals surface area contributed by atoms with Gasteiger partial charge in [-0.2, -0.15) is 0 Å². The maximum atomic E-state index is 12.6. The maximum absolute atomic E-state index is 12.6. The minimum atomic E-state index is -0.152. The predicted octanol–water partition coefficient (Wildman–Crippen LogP) is 3.47. The van der Waals surface area contributed by atoms with Crippen molar-refractivity contribution in [2.45, 2.75) is 6.92 Å². The lowest BCUT2D eigenvalue weighted by Crippen LogP contribution is -2.43. The third kappa shape index (κ3) is 5.88. The molecule has 0 unspecified atom stereocenters. The average Bonchev–Trinajstić information content (AvgIpc) is 3.01. The van der Waals surface area contributed by atoms with E-state index in [1.54, 1.807) is 23.1 Å². The smallest absolute Gasteiger partial charge is 0.266 e. The zero-order valence-corrected chi connectivity index (χ0v) is 20.3. The summed E-state index contributed by atoms with van der Waals surface area (Å²) in [7, 11) is 0. The number of carbonyl (C=O) groups excluding carboxylic acids is 2. The second kappa shape index (κ2) is 11.1. The molecule has 3 rings (SSSR count). The quantitative estimate of drug-likeness (QED) is 0.291. The first-order valence-corrected chi connectivity index (χ1v) is 11.8. The first-order chi connectivity index (χ1) is 14.9. The first kappa shape index (κ1) is 23.8. The van der Waals surface area contributed by atoms with Crippen molar-refractivity contribution in [2.75, 3.05) is 46.1 Å². The van der Waals surface area contributed by atoms with Crippen LogP contribution in [0.5, 0.6) is 11.5 Å². The van der Waals surface area contributed by atoms with E-state index in [1.807, 2.05) is 13.0 Å². The summed E-state index contributed by atoms with van der Waals surface area (Å²) < 4.78 is 18.0. The van der Waals surface area contributed by atoms with Crippen molar-refractivity contribution in [1.29, 1.82) is 0 Å². The molecule has 2 saturated heterocycles. The van der Waals surface area contributed by atoms with E-state index in [0.29, 0.717) is 64.7 Å². The highest BCUT2D eigenvalue weighted by Crippen LogP contribution is 2.39. The third-order valence-electron chi connectivity index (χ3n) is 4.52. The molecule has 1 aromatic rings. The zero-order chi connectivity index (χ0) is 22.4. The van der Waals surface area contributed by atoms with Crippen molar-refractivity contribution < 1.29 is 23.8 Å². The van der Waals surface area contributed by atoms with Crippen molar-refractivity contribution in [2.24, 2.45) is 0 Å². The Hall–Kier alpha value is -1.88. The Morgan fingerprint density at radius 3 is 2.77 bits per heavy atom. The molecule has 31 heavy (non-hydrogen) atoms. The normalized spacial score (nSPS) is 17.9. The van der Waals surface area contributed by atoms with Gasteiger partial charge in [-0.1, -0.05) is 30.1 Å². The van der Waals surface area contributed by atoms with Gasteiger partial charge in [-0.3, -0.25) is 14.5 Å². The van der Waals surface area contributed by atoms with Gasteiger partial charge in [-0.05, 0) is 46.6 Å². The number of hydrogen-bond donors (Lipinski definition) is 0. The summed E-state index contributed by atoms with van der Waals surface area (Å²) in [6.45, 7) is 8.42. The SMILES string of the molecule is C=CCN1C(=O)/C(=C/c2cc(Br)c(OCC(=O)N3CCOCC3)c(OCC)c2)SC1=S. The van der Waals surface area contributed by atoms with Crippen LogP contribution in [-0.4, -0.2) is 72.0 Å². The van der Waals surface area contributed by atoms with Gasteiger partial charge >= 0.3 is 0 Å². The molecule has 2 amide bonds. The summed E-state index contributed by atoms with van der Waals surface area (Å²) in [5.74, 6) is 0.673. The molecule has 2 aliphatic heterocycles. The summed E-state index contributed by atoms with van der Waals surface area (Å²) in [5, 5.41) is 0. The minimum absolute atomic E-state index is 0.0990. The molecule has 2 fully saturated rings. The number of halogens is 1. The highest BCUT2D eigenvalue weighted by Gasteiger charge is 2.31. The van der Waals surface area contributed by atoms with E-state index in [2.05, 4.69) is 22.5 Å². The van der Waals surface area contributed by atoms with Crippen LogP contribution in [-0.2, 0) is 14.3 Å². The molecule has 2 aliphatic rings. The Kier molecular flexibility index (Phi) is 8.53. The standard InChI is InChI=1S/C21H23BrN2O5S2/c1-3-5-24-20(26)17(31-21(24)30)12-14-10-15(22)19(16(11-14)28-4-2)29-13-18(25)23-6-8-27-9-7-23/h3,10-12H,1,4-9,13H2,2H3/b17-12-. The van der Waals surface area contributed by atoms with Crippen molar-refractivity contribution in [1.82, 2.24) is 9.80 Å². The summed E-state index contributed by atoms with van der Waals surface area (Å²) in [5.41, 5.74) is 0.751. The second-order valence-corrected chi connectivity index (χ2v) is 9.16. The van der Waals surface area contributed by atoms with E-state index in [9.17, 15) is 9.59 Å². The molecule has 166 valence electrons. The van der Waals surface area contributed by atoms with Crippen LogP contribution in [0.3, 0.4) is 0 Å². The Labute approximate surface area is 199 Å². The lowest BCUT2D eigenvalue weighted by Gasteiger charge is -2.27. The number of thioether (sulfide) groups is 1. The molecule has 0 spiro atoms. The molecule has 1 aromatic carbocycles. The molecule has 0 bridgehead atoms. The lowest BCUT2D eigenvalue weighted by molar-refractivity contribution is -0.137. The highest BCUT2D eigenvalue weighted by molar-refractivity contribution is 9.10. The van der Waals surface area contributed by atoms with E-state index in [-0.39, 0.29) is 18.4 Å². The molecule has 2 heterocycles. The molecular formula is C21H23BrN2O5S2. The van der Waals surface area contributed by atoms with Crippen LogP contribution in [0.1, 0.15) is 12.5 Å². The Bertz CT molecular complexity index is 915. The Morgan fingerprint density at radius 2 is 2.10 bits per heavy atom. The van der Waals surface area contributed by atoms with Gasteiger partial charge in [0.2, 0.25) is 0 Å². The van der Waals surface area contributed by atoms with Gasteiger partial charge in [-0.25, -0.2) is 0 Å². The topological polar surface area (TPSA) is 68.3 Å². The second-order valence-electron chi connectivity index (χ2n) is 6.63. The van der Waals surface area contributed by atoms with E-state index >= 15 is 0 Å². The molecule has 10 heteroatoms. The summed E-state index contributed by atoms with van der Waals surface area (Å²) in [6.07, 6.45) is 3.40. The average molecular weight is 527 g/mol. The van der Waals surface area contributed by atoms with E-state index in [0.717, 1.165) is 5.56 Å². The van der Waals surface area contributed by atoms with Crippen LogP contribution >= 0.6 is 39.9 Å². The largest absolute Gasteiger partial charge is 0.490 e. The van der Waals surface area contributed by atoms with E-state index < -0.39 is 0 Å². The van der Waals surface area contributed by atoms with Gasteiger partial charge in [0.15, 0.2) is 18.1 Å². The lowest BCUT2D eigenvalue weighted by atomic mass is 10.2. The van der Waals surface area contributed by atoms with Crippen LogP contribution in [0.2, 0.25) is 0 Å². The molecule has 0 aromatic heterocycles. The number of nitrogens with zero attached hydrogens (tertiary/aromatic N) is 2. The van der Waals surface area contributed by atoms with Crippen LogP contribution in [0.25, 0.3) is 6.08 Å². The van der Waals surface area contributed by atoms with E-state index in [4.69, 9.17) is 26.4 Å². The molecule has 7 nitrogen and oxygen atoms in total. The fourth-order valence-corrected chi connectivity index (χ4v) is 4.90. The van der Waals surface area contributed by atoms with Crippen molar-refractivity contribution >= 4 is 62.1 Å². The monoisotopic (exact) mass is 526 g/mol. The van der Waals surface area contributed by atoms with Crippen LogP contribution in [0.15, 0.2) is 34.2 Å². The number of hydrogen-bond acceptors (Lipinski definition) is 7. The number of ether oxygens (including phenoxy) is 3. The van der Waals surface area contributed by atoms with Gasteiger partial charge in [0, 0.05) is 19.6 Å². The molecular weight excluding hydrogens is 504 g/mol. The Balaban J connectivity index is 1.78. The summed E-state index contributed by atoms with van der Waals surface area (Å²) in [6, 6.07) is 3.60. The number of benzene rings is 1. The number of amides is 2. The highest BCUT2D eigenvalue weighted by atomic mass is 79.9. The number of carbonyl (C=O) groups is 2. The van der Waals surface area contributed by atoms with Crippen molar-refractivity contribution in [3.05, 3.63) is 39.7 Å². The number of thiocarbonyl (C=S) groups is 1. The molecule has 0 aliphatic carbocycles. The molecule has 0 saturated carbocycles. The minimum Gasteiger partial charge on any atom is -0.490 e. The number of rotatable bonds is 8. The summed E-state index contributed by atoms with van der Waals surface area (Å²) in [4.78, 5) is 28.7.